The zero-order valence-corrected chi connectivity index (χ0v) is 9.52. The first-order chi connectivity index (χ1) is 7.49. The molecular formula is C12H14O4. The predicted molar refractivity (Wildman–Crippen MR) is 59.1 cm³/mol. The predicted octanol–water partition coefficient (Wildman–Crippen LogP) is 1.64. The number of ketones is 2. The lowest BCUT2D eigenvalue weighted by molar-refractivity contribution is -0.150. The van der Waals surface area contributed by atoms with Gasteiger partial charge in [0, 0.05) is 12.5 Å². The van der Waals surface area contributed by atoms with Gasteiger partial charge in [0.1, 0.15) is 0 Å². The van der Waals surface area contributed by atoms with Gasteiger partial charge in [0.05, 0.1) is 7.11 Å². The van der Waals surface area contributed by atoms with Crippen LogP contribution < -0.4 is 0 Å². The largest absolute Gasteiger partial charge is 0.463 e. The van der Waals surface area contributed by atoms with Crippen molar-refractivity contribution in [1.82, 2.24) is 0 Å². The van der Waals surface area contributed by atoms with Crippen molar-refractivity contribution in [1.29, 1.82) is 0 Å². The summed E-state index contributed by atoms with van der Waals surface area (Å²) in [6.45, 7) is 2.72. The molecule has 1 rings (SSSR count). The summed E-state index contributed by atoms with van der Waals surface area (Å²) in [5.74, 6) is -1.24. The van der Waals surface area contributed by atoms with Gasteiger partial charge in [-0.1, -0.05) is 30.3 Å². The monoisotopic (exact) mass is 222 g/mol. The zero-order valence-electron chi connectivity index (χ0n) is 9.52. The second-order valence-electron chi connectivity index (χ2n) is 2.97. The van der Waals surface area contributed by atoms with Crippen molar-refractivity contribution >= 4 is 17.5 Å². The van der Waals surface area contributed by atoms with Crippen LogP contribution in [0.3, 0.4) is 0 Å². The first-order valence-corrected chi connectivity index (χ1v) is 4.64. The SMILES string of the molecule is CC(=O)c1ccccc1.COC(=O)C(C)=O. The number of hydrogen-bond acceptors (Lipinski definition) is 4. The number of rotatable bonds is 2. The molecule has 0 aromatic heterocycles. The third-order valence-corrected chi connectivity index (χ3v) is 1.65. The third kappa shape index (κ3) is 5.70. The van der Waals surface area contributed by atoms with Crippen LogP contribution in [0.15, 0.2) is 30.3 Å². The molecule has 4 heteroatoms. The number of methoxy groups -OCH3 is 1. The van der Waals surface area contributed by atoms with Gasteiger partial charge in [0.25, 0.3) is 0 Å². The maximum Gasteiger partial charge on any atom is 0.374 e. The summed E-state index contributed by atoms with van der Waals surface area (Å²) in [7, 11) is 1.17. The van der Waals surface area contributed by atoms with Crippen LogP contribution in [0, 0.1) is 0 Å². The summed E-state index contributed by atoms with van der Waals surface area (Å²) in [4.78, 5) is 30.5. The lowest BCUT2D eigenvalue weighted by Gasteiger charge is -1.89. The highest BCUT2D eigenvalue weighted by Crippen LogP contribution is 1.97. The Labute approximate surface area is 94.2 Å². The van der Waals surface area contributed by atoms with Crippen LogP contribution in [0.5, 0.6) is 0 Å². The Hall–Kier alpha value is -1.97. The molecule has 0 radical (unpaired) electrons. The summed E-state index contributed by atoms with van der Waals surface area (Å²) in [5, 5.41) is 0. The molecule has 86 valence electrons. The fourth-order valence-corrected chi connectivity index (χ4v) is 0.817. The van der Waals surface area contributed by atoms with E-state index in [1.165, 1.54) is 7.11 Å². The molecule has 0 N–H and O–H groups in total. The van der Waals surface area contributed by atoms with Gasteiger partial charge < -0.3 is 4.74 Å². The van der Waals surface area contributed by atoms with E-state index in [1.807, 2.05) is 30.3 Å². The van der Waals surface area contributed by atoms with Crippen LogP contribution in [-0.4, -0.2) is 24.6 Å². The van der Waals surface area contributed by atoms with Crippen LogP contribution in [-0.2, 0) is 14.3 Å². The second-order valence-corrected chi connectivity index (χ2v) is 2.97. The minimum Gasteiger partial charge on any atom is -0.463 e. The van der Waals surface area contributed by atoms with E-state index in [0.717, 1.165) is 12.5 Å². The van der Waals surface area contributed by atoms with Crippen molar-refractivity contribution in [3.05, 3.63) is 35.9 Å². The fourth-order valence-electron chi connectivity index (χ4n) is 0.817. The molecule has 0 aliphatic heterocycles. The minimum atomic E-state index is -0.792. The van der Waals surface area contributed by atoms with Gasteiger partial charge in [-0.15, -0.1) is 0 Å². The van der Waals surface area contributed by atoms with Crippen LogP contribution in [0.4, 0.5) is 0 Å². The Morgan fingerprint density at radius 3 is 1.69 bits per heavy atom. The van der Waals surface area contributed by atoms with E-state index >= 15 is 0 Å². The molecule has 0 aliphatic carbocycles. The topological polar surface area (TPSA) is 60.4 Å². The Morgan fingerprint density at radius 2 is 1.50 bits per heavy atom. The molecule has 4 nitrogen and oxygen atoms in total. The number of carbonyl (C=O) groups excluding carboxylic acids is 3. The highest BCUT2D eigenvalue weighted by molar-refractivity contribution is 6.32. The molecule has 1 aromatic rings. The number of ether oxygens (including phenoxy) is 1. The molecular weight excluding hydrogens is 208 g/mol. The number of Topliss-reactive ketones (excluding diaryl/α,β-unsaturated/α-hetero) is 2. The first kappa shape index (κ1) is 14.0. The van der Waals surface area contributed by atoms with Crippen molar-refractivity contribution in [3.8, 4) is 0 Å². The standard InChI is InChI=1S/C8H8O.C4H6O3/c1-7(9)8-5-3-2-4-6-8;1-3(5)4(6)7-2/h2-6H,1H3;1-2H3. The van der Waals surface area contributed by atoms with Crippen LogP contribution >= 0.6 is 0 Å². The molecule has 0 heterocycles. The molecule has 0 unspecified atom stereocenters. The highest BCUT2D eigenvalue weighted by Gasteiger charge is 2.03. The van der Waals surface area contributed by atoms with E-state index in [4.69, 9.17) is 0 Å². The molecule has 0 spiro atoms. The van der Waals surface area contributed by atoms with E-state index < -0.39 is 11.8 Å². The van der Waals surface area contributed by atoms with Gasteiger partial charge in [-0.05, 0) is 6.92 Å². The van der Waals surface area contributed by atoms with Gasteiger partial charge in [-0.2, -0.15) is 0 Å². The molecule has 0 atom stereocenters. The van der Waals surface area contributed by atoms with Gasteiger partial charge in [-0.25, -0.2) is 4.79 Å². The molecule has 0 amide bonds. The number of hydrogen-bond donors (Lipinski definition) is 0. The lowest BCUT2D eigenvalue weighted by atomic mass is 10.2. The smallest absolute Gasteiger partial charge is 0.374 e. The molecule has 0 fully saturated rings. The van der Waals surface area contributed by atoms with E-state index in [0.29, 0.717) is 0 Å². The molecule has 0 bridgehead atoms. The summed E-state index contributed by atoms with van der Waals surface area (Å²) in [6.07, 6.45) is 0. The van der Waals surface area contributed by atoms with Gasteiger partial charge in [0.2, 0.25) is 5.78 Å². The van der Waals surface area contributed by atoms with Crippen molar-refractivity contribution in [2.24, 2.45) is 0 Å². The van der Waals surface area contributed by atoms with E-state index in [1.54, 1.807) is 6.92 Å². The van der Waals surface area contributed by atoms with E-state index in [9.17, 15) is 14.4 Å². The second kappa shape index (κ2) is 7.34. The fraction of sp³-hybridized carbons (Fsp3) is 0.250. The summed E-state index contributed by atoms with van der Waals surface area (Å²) < 4.78 is 4.02. The molecule has 1 aromatic carbocycles. The van der Waals surface area contributed by atoms with Crippen molar-refractivity contribution in [3.63, 3.8) is 0 Å². The molecule has 0 saturated heterocycles. The van der Waals surface area contributed by atoms with E-state index in [-0.39, 0.29) is 5.78 Å². The molecule has 16 heavy (non-hydrogen) atoms. The third-order valence-electron chi connectivity index (χ3n) is 1.65. The quantitative estimate of drug-likeness (QED) is 0.433. The van der Waals surface area contributed by atoms with E-state index in [2.05, 4.69) is 4.74 Å². The van der Waals surface area contributed by atoms with Gasteiger partial charge in [-0.3, -0.25) is 9.59 Å². The van der Waals surface area contributed by atoms with Crippen molar-refractivity contribution in [2.45, 2.75) is 13.8 Å². The van der Waals surface area contributed by atoms with Crippen molar-refractivity contribution in [2.75, 3.05) is 7.11 Å². The van der Waals surface area contributed by atoms with Crippen molar-refractivity contribution < 1.29 is 19.1 Å². The molecule has 0 saturated carbocycles. The number of carbonyl (C=O) groups is 3. The Kier molecular flexibility index (Phi) is 6.43. The average molecular weight is 222 g/mol. The maximum atomic E-state index is 10.6. The highest BCUT2D eigenvalue weighted by atomic mass is 16.5. The maximum absolute atomic E-state index is 10.6. The summed E-state index contributed by atoms with van der Waals surface area (Å²) in [6, 6.07) is 9.23. The van der Waals surface area contributed by atoms with Crippen LogP contribution in [0.2, 0.25) is 0 Å². The minimum absolute atomic E-state index is 0.121. The zero-order chi connectivity index (χ0) is 12.6. The van der Waals surface area contributed by atoms with Crippen LogP contribution in [0.1, 0.15) is 24.2 Å². The Morgan fingerprint density at radius 1 is 1.00 bits per heavy atom. The average Bonchev–Trinajstić information content (AvgIpc) is 2.29. The number of esters is 1. The molecule has 0 aliphatic rings. The summed E-state index contributed by atoms with van der Waals surface area (Å²) in [5.41, 5.74) is 0.775. The normalized spacial score (nSPS) is 8.44. The van der Waals surface area contributed by atoms with Crippen LogP contribution in [0.25, 0.3) is 0 Å². The number of benzene rings is 1. The van der Waals surface area contributed by atoms with Gasteiger partial charge >= 0.3 is 5.97 Å². The Bertz CT molecular complexity index is 368. The van der Waals surface area contributed by atoms with Gasteiger partial charge in [0.15, 0.2) is 5.78 Å². The summed E-state index contributed by atoms with van der Waals surface area (Å²) >= 11 is 0. The lowest BCUT2D eigenvalue weighted by Crippen LogP contribution is -2.10. The first-order valence-electron chi connectivity index (χ1n) is 4.64. The Balaban J connectivity index is 0.000000293.